The highest BCUT2D eigenvalue weighted by Crippen LogP contribution is 2.17. The molecule has 0 saturated heterocycles. The fourth-order valence-electron chi connectivity index (χ4n) is 8.21. The number of quaternary nitrogens is 1. The lowest BCUT2D eigenvalue weighted by Gasteiger charge is -2.31. The molecule has 60 heavy (non-hydrogen) atoms. The largest absolute Gasteiger partial charge is 0.477 e. The zero-order valence-electron chi connectivity index (χ0n) is 40.7. The molecule has 2 unspecified atom stereocenters. The first-order chi connectivity index (χ1) is 29.1. The molecule has 0 aromatic rings. The molecule has 356 valence electrons. The van der Waals surface area contributed by atoms with Gasteiger partial charge in [0.25, 0.3) is 0 Å². The van der Waals surface area contributed by atoms with Crippen LogP contribution in [-0.4, -0.2) is 80.6 Å². The van der Waals surface area contributed by atoms with E-state index in [0.717, 1.165) is 38.5 Å². The molecule has 0 aliphatic carbocycles. The fraction of sp³-hybridized carbons (Fsp3) is 0.942. The number of unbranched alkanes of at least 4 members (excludes halogenated alkanes) is 34. The van der Waals surface area contributed by atoms with Crippen LogP contribution in [0.5, 0.6) is 0 Å². The maximum absolute atomic E-state index is 12.8. The molecule has 1 N–H and O–H groups in total. The Morgan fingerprint density at radius 1 is 0.433 bits per heavy atom. The van der Waals surface area contributed by atoms with E-state index >= 15 is 0 Å². The van der Waals surface area contributed by atoms with Crippen LogP contribution in [0.2, 0.25) is 0 Å². The lowest BCUT2D eigenvalue weighted by molar-refractivity contribution is -0.887. The van der Waals surface area contributed by atoms with Crippen LogP contribution < -0.4 is 0 Å². The van der Waals surface area contributed by atoms with Gasteiger partial charge in [0.2, 0.25) is 0 Å². The van der Waals surface area contributed by atoms with Gasteiger partial charge in [0.05, 0.1) is 34.4 Å². The van der Waals surface area contributed by atoms with Crippen LogP contribution in [0.25, 0.3) is 0 Å². The highest BCUT2D eigenvalue weighted by Gasteiger charge is 2.31. The third-order valence-electron chi connectivity index (χ3n) is 12.3. The summed E-state index contributed by atoms with van der Waals surface area (Å²) in [6.07, 6.45) is 47.2. The Morgan fingerprint density at radius 3 is 1.03 bits per heavy atom. The highest BCUT2D eigenvalue weighted by atomic mass is 16.6. The van der Waals surface area contributed by atoms with E-state index in [1.807, 2.05) is 21.1 Å². The number of ether oxygens (including phenoxy) is 3. The summed E-state index contributed by atoms with van der Waals surface area (Å²) in [5.41, 5.74) is 0. The molecule has 0 heterocycles. The van der Waals surface area contributed by atoms with E-state index in [4.69, 9.17) is 14.2 Å². The molecule has 0 aromatic heterocycles. The second-order valence-electron chi connectivity index (χ2n) is 19.1. The van der Waals surface area contributed by atoms with Gasteiger partial charge in [-0.2, -0.15) is 0 Å². The van der Waals surface area contributed by atoms with Gasteiger partial charge < -0.3 is 23.8 Å². The second kappa shape index (κ2) is 44.0. The van der Waals surface area contributed by atoms with Gasteiger partial charge in [0.1, 0.15) is 6.61 Å². The number of hydrogen-bond acceptors (Lipinski definition) is 6. The molecule has 8 nitrogen and oxygen atoms in total. The van der Waals surface area contributed by atoms with Crippen LogP contribution in [0.4, 0.5) is 0 Å². The zero-order chi connectivity index (χ0) is 44.2. The smallest absolute Gasteiger partial charge is 0.362 e. The van der Waals surface area contributed by atoms with Crippen LogP contribution >= 0.6 is 0 Å². The predicted octanol–water partition coefficient (Wildman–Crippen LogP) is 14.9. The van der Waals surface area contributed by atoms with Crippen LogP contribution in [0, 0.1) is 0 Å². The molecule has 8 heteroatoms. The second-order valence-corrected chi connectivity index (χ2v) is 19.1. The molecule has 0 aromatic carbocycles. The Kier molecular flexibility index (Phi) is 42.7. The minimum Gasteiger partial charge on any atom is -0.477 e. The summed E-state index contributed by atoms with van der Waals surface area (Å²) in [4.78, 5) is 37.1. The number of esters is 2. The van der Waals surface area contributed by atoms with Gasteiger partial charge in [-0.05, 0) is 12.8 Å². The average molecular weight is 853 g/mol. The normalized spacial score (nSPS) is 12.8. The van der Waals surface area contributed by atoms with Gasteiger partial charge in [0, 0.05) is 19.3 Å². The minimum atomic E-state index is -0.869. The van der Waals surface area contributed by atoms with Gasteiger partial charge in [-0.25, -0.2) is 4.79 Å². The van der Waals surface area contributed by atoms with Gasteiger partial charge >= 0.3 is 17.9 Å². The molecule has 0 radical (unpaired) electrons. The molecule has 0 saturated carbocycles. The SMILES string of the molecule is CCCCCCCCCCCCCCCCCCCCCCC(=O)OC(COCCC(C(=O)O)[N+](C)(C)C)COC(=O)CCCCCCCCCCCCCCCCCC. The summed E-state index contributed by atoms with van der Waals surface area (Å²) >= 11 is 0. The van der Waals surface area contributed by atoms with E-state index in [2.05, 4.69) is 13.8 Å². The Bertz CT molecular complexity index is 951. The van der Waals surface area contributed by atoms with E-state index < -0.39 is 18.1 Å². The molecule has 2 atom stereocenters. The lowest BCUT2D eigenvalue weighted by atomic mass is 10.0. The van der Waals surface area contributed by atoms with Crippen LogP contribution in [-0.2, 0) is 28.6 Å². The number of rotatable bonds is 48. The van der Waals surface area contributed by atoms with Crippen molar-refractivity contribution in [2.45, 2.75) is 276 Å². The topological polar surface area (TPSA) is 99.1 Å². The van der Waals surface area contributed by atoms with E-state index in [0.29, 0.717) is 19.3 Å². The van der Waals surface area contributed by atoms with Crippen molar-refractivity contribution in [2.75, 3.05) is 41.0 Å². The number of carbonyl (C=O) groups is 3. The summed E-state index contributed by atoms with van der Waals surface area (Å²) in [7, 11) is 5.55. The third-order valence-corrected chi connectivity index (χ3v) is 12.3. The molecular weight excluding hydrogens is 751 g/mol. The van der Waals surface area contributed by atoms with Gasteiger partial charge in [0.15, 0.2) is 12.1 Å². The van der Waals surface area contributed by atoms with Crippen LogP contribution in [0.3, 0.4) is 0 Å². The Balaban J connectivity index is 4.18. The van der Waals surface area contributed by atoms with Crippen LogP contribution in [0.15, 0.2) is 0 Å². The number of carboxylic acids is 1. The summed E-state index contributed by atoms with van der Waals surface area (Å²) < 4.78 is 17.4. The molecule has 0 aliphatic rings. The summed E-state index contributed by atoms with van der Waals surface area (Å²) in [5, 5.41) is 9.65. The molecular formula is C52H102NO7+. The lowest BCUT2D eigenvalue weighted by Crippen LogP contribution is -2.50. The fourth-order valence-corrected chi connectivity index (χ4v) is 8.21. The predicted molar refractivity (Wildman–Crippen MR) is 253 cm³/mol. The van der Waals surface area contributed by atoms with Crippen molar-refractivity contribution in [3.63, 3.8) is 0 Å². The molecule has 0 fully saturated rings. The van der Waals surface area contributed by atoms with E-state index in [-0.39, 0.29) is 36.2 Å². The first-order valence-corrected chi connectivity index (χ1v) is 26.1. The minimum absolute atomic E-state index is 0.0413. The van der Waals surface area contributed by atoms with E-state index in [1.165, 1.54) is 193 Å². The van der Waals surface area contributed by atoms with Gasteiger partial charge in [-0.15, -0.1) is 0 Å². The molecule has 0 amide bonds. The first kappa shape index (κ1) is 58.3. The van der Waals surface area contributed by atoms with Crippen molar-refractivity contribution in [1.82, 2.24) is 0 Å². The maximum atomic E-state index is 12.8. The van der Waals surface area contributed by atoms with E-state index in [9.17, 15) is 19.5 Å². The summed E-state index contributed by atoms with van der Waals surface area (Å²) in [5.74, 6) is -1.44. The monoisotopic (exact) mass is 853 g/mol. The Labute approximate surface area is 372 Å². The molecule has 0 aliphatic heterocycles. The van der Waals surface area contributed by atoms with Gasteiger partial charge in [-0.1, -0.05) is 232 Å². The Hall–Kier alpha value is -1.67. The van der Waals surface area contributed by atoms with Crippen molar-refractivity contribution in [1.29, 1.82) is 0 Å². The van der Waals surface area contributed by atoms with Crippen molar-refractivity contribution in [2.24, 2.45) is 0 Å². The number of nitrogens with zero attached hydrogens (tertiary/aromatic N) is 1. The standard InChI is InChI=1S/C52H101NO7/c1-6-8-10-12-14-16-18-20-22-24-25-26-27-29-31-33-35-37-39-41-43-51(55)60-48(46-58-45-44-49(52(56)57)53(3,4)5)47-59-50(54)42-40-38-36-34-32-30-28-23-21-19-17-15-13-11-9-7-2/h48-49H,6-47H2,1-5H3/p+1. The molecule has 0 spiro atoms. The average Bonchev–Trinajstić information content (AvgIpc) is 3.21. The number of aliphatic carboxylic acids is 1. The number of carboxylic acid groups (broad SMARTS) is 1. The van der Waals surface area contributed by atoms with Gasteiger partial charge in [-0.3, -0.25) is 9.59 Å². The maximum Gasteiger partial charge on any atom is 0.362 e. The molecule has 0 rings (SSSR count). The molecule has 0 bridgehead atoms. The van der Waals surface area contributed by atoms with Crippen molar-refractivity contribution < 1.29 is 38.2 Å². The first-order valence-electron chi connectivity index (χ1n) is 26.1. The van der Waals surface area contributed by atoms with Crippen LogP contribution in [0.1, 0.15) is 264 Å². The number of carbonyl (C=O) groups excluding carboxylic acids is 2. The highest BCUT2D eigenvalue weighted by molar-refractivity contribution is 5.72. The van der Waals surface area contributed by atoms with E-state index in [1.54, 1.807) is 0 Å². The quantitative estimate of drug-likeness (QED) is 0.0370. The third kappa shape index (κ3) is 41.7. The summed E-state index contributed by atoms with van der Waals surface area (Å²) in [6, 6.07) is -0.609. The Morgan fingerprint density at radius 2 is 0.733 bits per heavy atom. The van der Waals surface area contributed by atoms with Crippen molar-refractivity contribution >= 4 is 17.9 Å². The van der Waals surface area contributed by atoms with Crippen molar-refractivity contribution in [3.05, 3.63) is 0 Å². The number of likely N-dealkylation sites (N-methyl/N-ethyl adjacent to an activating group) is 1. The number of hydrogen-bond donors (Lipinski definition) is 1. The zero-order valence-corrected chi connectivity index (χ0v) is 40.7. The summed E-state index contributed by atoms with van der Waals surface area (Å²) in [6.45, 7) is 4.80. The van der Waals surface area contributed by atoms with Crippen molar-refractivity contribution in [3.8, 4) is 0 Å².